The fourth-order valence-corrected chi connectivity index (χ4v) is 2.69. The van der Waals surface area contributed by atoms with E-state index >= 15 is 0 Å². The van der Waals surface area contributed by atoms with Crippen LogP contribution in [-0.2, 0) is 0 Å². The van der Waals surface area contributed by atoms with E-state index in [2.05, 4.69) is 5.10 Å². The number of aryl methyl sites for hydroxylation is 1. The zero-order valence-electron chi connectivity index (χ0n) is 13.9. The van der Waals surface area contributed by atoms with Crippen molar-refractivity contribution in [2.45, 2.75) is 25.2 Å². The van der Waals surface area contributed by atoms with Gasteiger partial charge in [0.05, 0.1) is 12.1 Å². The number of hydrogen-bond donors (Lipinski definition) is 1. The number of anilines is 1. The van der Waals surface area contributed by atoms with Crippen molar-refractivity contribution >= 4 is 11.4 Å². The van der Waals surface area contributed by atoms with E-state index in [-0.39, 0.29) is 5.56 Å². The molecule has 0 aromatic heterocycles. The molecule has 28 heavy (non-hydrogen) atoms. The average molecular weight is 410 g/mol. The summed E-state index contributed by atoms with van der Waals surface area (Å²) in [5, 5.41) is 12.9. The normalized spacial score (nSPS) is 19.9. The van der Waals surface area contributed by atoms with E-state index in [4.69, 9.17) is 0 Å². The van der Waals surface area contributed by atoms with Crippen LogP contribution in [0.2, 0.25) is 0 Å². The molecule has 2 aromatic rings. The van der Waals surface area contributed by atoms with E-state index in [1.807, 2.05) is 0 Å². The molecule has 1 aliphatic heterocycles. The van der Waals surface area contributed by atoms with Gasteiger partial charge in [-0.05, 0) is 12.5 Å². The predicted octanol–water partition coefficient (Wildman–Crippen LogP) is 4.56. The van der Waals surface area contributed by atoms with Crippen molar-refractivity contribution in [3.05, 3.63) is 64.5 Å². The Kier molecular flexibility index (Phi) is 4.61. The van der Waals surface area contributed by atoms with Crippen molar-refractivity contribution in [2.24, 2.45) is 5.10 Å². The summed E-state index contributed by atoms with van der Waals surface area (Å²) in [5.41, 5.74) is -5.67. The molecule has 0 amide bonds. The number of halogens is 8. The van der Waals surface area contributed by atoms with Crippen LogP contribution in [0, 0.1) is 36.0 Å². The summed E-state index contributed by atoms with van der Waals surface area (Å²) in [6.07, 6.45) is -6.83. The smallest absolute Gasteiger partial charge is 0.362 e. The minimum Gasteiger partial charge on any atom is -0.362 e. The standard InChI is InChI=1S/C17H10F8N2O/c1-7-2-4-8(5-3-7)9-6-16(28,17(23,24)25)27(26-9)15-13(21)11(19)10(18)12(20)14(15)22/h2-5,28H,6H2,1H3. The summed E-state index contributed by atoms with van der Waals surface area (Å²) in [6.45, 7) is 1.69. The maximum Gasteiger partial charge on any atom is 0.438 e. The van der Waals surface area contributed by atoms with Gasteiger partial charge in [-0.15, -0.1) is 0 Å². The number of aliphatic hydroxyl groups is 1. The predicted molar refractivity (Wildman–Crippen MR) is 82.0 cm³/mol. The summed E-state index contributed by atoms with van der Waals surface area (Å²) < 4.78 is 109. The van der Waals surface area contributed by atoms with Crippen LogP contribution in [0.5, 0.6) is 0 Å². The molecule has 1 N–H and O–H groups in total. The number of benzene rings is 2. The molecule has 0 radical (unpaired) electrons. The molecule has 0 fully saturated rings. The van der Waals surface area contributed by atoms with Crippen LogP contribution in [0.15, 0.2) is 29.4 Å². The molecule has 11 heteroatoms. The van der Waals surface area contributed by atoms with Gasteiger partial charge in [0.2, 0.25) is 5.82 Å². The van der Waals surface area contributed by atoms with E-state index in [1.54, 1.807) is 6.92 Å². The fourth-order valence-electron chi connectivity index (χ4n) is 2.69. The topological polar surface area (TPSA) is 35.8 Å². The molecule has 0 aliphatic carbocycles. The van der Waals surface area contributed by atoms with E-state index in [1.165, 1.54) is 24.3 Å². The van der Waals surface area contributed by atoms with Crippen molar-refractivity contribution < 1.29 is 40.2 Å². The maximum atomic E-state index is 14.1. The minimum atomic E-state index is -5.54. The second-order valence-electron chi connectivity index (χ2n) is 6.13. The van der Waals surface area contributed by atoms with Crippen LogP contribution in [-0.4, -0.2) is 22.7 Å². The zero-order chi connectivity index (χ0) is 21.0. The van der Waals surface area contributed by atoms with Gasteiger partial charge in [-0.1, -0.05) is 29.8 Å². The molecule has 150 valence electrons. The summed E-state index contributed by atoms with van der Waals surface area (Å²) in [5.74, 6) is -12.6. The van der Waals surface area contributed by atoms with E-state index in [9.17, 15) is 40.2 Å². The van der Waals surface area contributed by atoms with Crippen molar-refractivity contribution in [1.29, 1.82) is 0 Å². The lowest BCUT2D eigenvalue weighted by molar-refractivity contribution is -0.254. The fraction of sp³-hybridized carbons (Fsp3) is 0.235. The highest BCUT2D eigenvalue weighted by molar-refractivity contribution is 6.03. The van der Waals surface area contributed by atoms with Crippen molar-refractivity contribution in [2.75, 3.05) is 5.01 Å². The molecule has 0 bridgehead atoms. The molecule has 1 unspecified atom stereocenters. The highest BCUT2D eigenvalue weighted by Gasteiger charge is 2.63. The van der Waals surface area contributed by atoms with Gasteiger partial charge in [0.15, 0.2) is 23.3 Å². The second kappa shape index (κ2) is 6.43. The van der Waals surface area contributed by atoms with E-state index in [0.29, 0.717) is 0 Å². The Morgan fingerprint density at radius 3 is 1.82 bits per heavy atom. The Balaban J connectivity index is 2.25. The Bertz CT molecular complexity index is 942. The third-order valence-electron chi connectivity index (χ3n) is 4.22. The van der Waals surface area contributed by atoms with Gasteiger partial charge in [-0.2, -0.15) is 18.3 Å². The first kappa shape index (κ1) is 20.1. The van der Waals surface area contributed by atoms with Crippen molar-refractivity contribution in [3.63, 3.8) is 0 Å². The summed E-state index contributed by atoms with van der Waals surface area (Å²) in [7, 11) is 0. The van der Waals surface area contributed by atoms with Gasteiger partial charge in [-0.3, -0.25) is 0 Å². The monoisotopic (exact) mass is 410 g/mol. The molecule has 1 heterocycles. The zero-order valence-corrected chi connectivity index (χ0v) is 13.9. The van der Waals surface area contributed by atoms with Crippen molar-refractivity contribution in [1.82, 2.24) is 0 Å². The van der Waals surface area contributed by atoms with Crippen LogP contribution in [0.4, 0.5) is 40.8 Å². The van der Waals surface area contributed by atoms with Gasteiger partial charge < -0.3 is 5.11 Å². The Morgan fingerprint density at radius 2 is 1.36 bits per heavy atom. The first-order chi connectivity index (χ1) is 12.9. The number of rotatable bonds is 2. The van der Waals surface area contributed by atoms with E-state index in [0.717, 1.165) is 5.56 Å². The molecule has 0 saturated carbocycles. The molecular formula is C17H10F8N2O. The first-order valence-corrected chi connectivity index (χ1v) is 7.63. The third kappa shape index (κ3) is 2.89. The molecule has 3 rings (SSSR count). The van der Waals surface area contributed by atoms with Crippen LogP contribution >= 0.6 is 0 Å². The summed E-state index contributed by atoms with van der Waals surface area (Å²) in [6, 6.07) is 5.69. The SMILES string of the molecule is Cc1ccc(C2=NN(c3c(F)c(F)c(F)c(F)c3F)C(O)(C(F)(F)F)C2)cc1. The summed E-state index contributed by atoms with van der Waals surface area (Å²) in [4.78, 5) is 0. The lowest BCUT2D eigenvalue weighted by Crippen LogP contribution is -2.55. The highest BCUT2D eigenvalue weighted by atomic mass is 19.4. The average Bonchev–Trinajstić information content (AvgIpc) is 2.98. The molecule has 2 aromatic carbocycles. The van der Waals surface area contributed by atoms with Crippen LogP contribution in [0.1, 0.15) is 17.5 Å². The maximum absolute atomic E-state index is 14.1. The Hall–Kier alpha value is -2.69. The van der Waals surface area contributed by atoms with Crippen molar-refractivity contribution in [3.8, 4) is 0 Å². The van der Waals surface area contributed by atoms with Gasteiger partial charge in [0, 0.05) is 0 Å². The lowest BCUT2D eigenvalue weighted by Gasteiger charge is -2.34. The third-order valence-corrected chi connectivity index (χ3v) is 4.22. The minimum absolute atomic E-state index is 0.0691. The molecule has 3 nitrogen and oxygen atoms in total. The lowest BCUT2D eigenvalue weighted by atomic mass is 10.00. The number of nitrogens with zero attached hydrogens (tertiary/aromatic N) is 2. The van der Waals surface area contributed by atoms with E-state index < -0.39 is 63.8 Å². The van der Waals surface area contributed by atoms with Gasteiger partial charge in [0.25, 0.3) is 5.72 Å². The Labute approximate surface area is 152 Å². The van der Waals surface area contributed by atoms with Gasteiger partial charge in [0.1, 0.15) is 5.69 Å². The second-order valence-corrected chi connectivity index (χ2v) is 6.13. The number of hydrogen-bond acceptors (Lipinski definition) is 3. The molecule has 0 spiro atoms. The largest absolute Gasteiger partial charge is 0.438 e. The van der Waals surface area contributed by atoms with Crippen LogP contribution in [0.3, 0.4) is 0 Å². The van der Waals surface area contributed by atoms with Gasteiger partial charge in [-0.25, -0.2) is 27.0 Å². The Morgan fingerprint density at radius 1 is 0.893 bits per heavy atom. The van der Waals surface area contributed by atoms with Crippen LogP contribution < -0.4 is 5.01 Å². The molecule has 0 saturated heterocycles. The quantitative estimate of drug-likeness (QED) is 0.448. The molecular weight excluding hydrogens is 400 g/mol. The molecule has 1 aliphatic rings. The number of hydrazone groups is 1. The highest BCUT2D eigenvalue weighted by Crippen LogP contribution is 2.46. The number of alkyl halides is 3. The van der Waals surface area contributed by atoms with Crippen LogP contribution in [0.25, 0.3) is 0 Å². The first-order valence-electron chi connectivity index (χ1n) is 7.63. The molecule has 1 atom stereocenters. The summed E-state index contributed by atoms with van der Waals surface area (Å²) >= 11 is 0. The van der Waals surface area contributed by atoms with Gasteiger partial charge >= 0.3 is 6.18 Å².